The monoisotopic (exact) mass is 340 g/mol. The molecule has 3 rings (SSSR count). The second-order valence-electron chi connectivity index (χ2n) is 5.79. The van der Waals surface area contributed by atoms with Crippen LogP contribution < -0.4 is 20.1 Å². The third-order valence-corrected chi connectivity index (χ3v) is 4.07. The number of fused-ring (bicyclic) bond motifs is 1. The van der Waals surface area contributed by atoms with Crippen LogP contribution in [-0.2, 0) is 22.6 Å². The van der Waals surface area contributed by atoms with E-state index < -0.39 is 11.8 Å². The van der Waals surface area contributed by atoms with E-state index in [-0.39, 0.29) is 13.3 Å². The van der Waals surface area contributed by atoms with Crippen molar-refractivity contribution in [1.82, 2.24) is 5.32 Å². The minimum atomic E-state index is -0.678. The predicted octanol–water partition coefficient (Wildman–Crippen LogP) is 2.54. The van der Waals surface area contributed by atoms with Gasteiger partial charge in [0.25, 0.3) is 0 Å². The van der Waals surface area contributed by atoms with Crippen LogP contribution >= 0.6 is 0 Å². The number of nitrogens with one attached hydrogen (secondary N) is 2. The Bertz CT molecular complexity index is 817. The summed E-state index contributed by atoms with van der Waals surface area (Å²) in [6.45, 7) is 4.34. The van der Waals surface area contributed by atoms with Gasteiger partial charge in [0.1, 0.15) is 0 Å². The maximum absolute atomic E-state index is 12.2. The Morgan fingerprint density at radius 3 is 2.68 bits per heavy atom. The van der Waals surface area contributed by atoms with E-state index in [9.17, 15) is 9.59 Å². The average Bonchev–Trinajstić information content (AvgIpc) is 3.08. The molecule has 25 heavy (non-hydrogen) atoms. The van der Waals surface area contributed by atoms with Crippen LogP contribution in [0.25, 0.3) is 0 Å². The van der Waals surface area contributed by atoms with Crippen molar-refractivity contribution in [3.63, 3.8) is 0 Å². The summed E-state index contributed by atoms with van der Waals surface area (Å²) in [7, 11) is 0. The van der Waals surface area contributed by atoms with Crippen molar-refractivity contribution < 1.29 is 19.1 Å². The number of hydrogen-bond donors (Lipinski definition) is 2. The molecule has 0 fully saturated rings. The molecule has 6 nitrogen and oxygen atoms in total. The van der Waals surface area contributed by atoms with Crippen LogP contribution in [-0.4, -0.2) is 18.6 Å². The van der Waals surface area contributed by atoms with Crippen molar-refractivity contribution in [3.8, 4) is 11.5 Å². The number of aryl methyl sites for hydroxylation is 2. The van der Waals surface area contributed by atoms with E-state index in [4.69, 9.17) is 9.47 Å². The Kier molecular flexibility index (Phi) is 4.88. The Morgan fingerprint density at radius 2 is 1.88 bits per heavy atom. The molecule has 0 saturated heterocycles. The van der Waals surface area contributed by atoms with Gasteiger partial charge in [-0.05, 0) is 42.2 Å². The fourth-order valence-corrected chi connectivity index (χ4v) is 2.69. The molecule has 0 spiro atoms. The van der Waals surface area contributed by atoms with Gasteiger partial charge in [-0.25, -0.2) is 0 Å². The van der Waals surface area contributed by atoms with E-state index in [1.807, 2.05) is 38.1 Å². The highest BCUT2D eigenvalue weighted by molar-refractivity contribution is 6.39. The molecule has 2 aromatic carbocycles. The van der Waals surface area contributed by atoms with Crippen LogP contribution in [0.15, 0.2) is 36.4 Å². The van der Waals surface area contributed by atoms with E-state index >= 15 is 0 Å². The molecule has 0 radical (unpaired) electrons. The Balaban J connectivity index is 1.61. The van der Waals surface area contributed by atoms with Crippen molar-refractivity contribution >= 4 is 17.5 Å². The minimum Gasteiger partial charge on any atom is -0.454 e. The number of anilines is 1. The Labute approximate surface area is 146 Å². The second kappa shape index (κ2) is 7.25. The largest absolute Gasteiger partial charge is 0.454 e. The molecule has 1 heterocycles. The minimum absolute atomic E-state index is 0.198. The first kappa shape index (κ1) is 16.8. The van der Waals surface area contributed by atoms with Gasteiger partial charge in [0.15, 0.2) is 11.5 Å². The van der Waals surface area contributed by atoms with Gasteiger partial charge >= 0.3 is 11.8 Å². The van der Waals surface area contributed by atoms with E-state index in [0.29, 0.717) is 17.2 Å². The van der Waals surface area contributed by atoms with Crippen LogP contribution in [0.1, 0.15) is 23.6 Å². The standard InChI is InChI=1S/C19H20N2O4/c1-3-14-6-4-5-12(2)17(14)21-19(23)18(22)20-10-13-7-8-15-16(9-13)25-11-24-15/h4-9H,3,10-11H2,1-2H3,(H,20,22)(H,21,23). The van der Waals surface area contributed by atoms with E-state index in [0.717, 1.165) is 23.1 Å². The quantitative estimate of drug-likeness (QED) is 0.839. The SMILES string of the molecule is CCc1cccc(C)c1NC(=O)C(=O)NCc1ccc2c(c1)OCO2. The summed E-state index contributed by atoms with van der Waals surface area (Å²) >= 11 is 0. The number of ether oxygens (including phenoxy) is 2. The first-order valence-electron chi connectivity index (χ1n) is 8.14. The molecule has 0 aliphatic carbocycles. The molecular formula is C19H20N2O4. The van der Waals surface area contributed by atoms with Gasteiger partial charge in [-0.2, -0.15) is 0 Å². The Hall–Kier alpha value is -3.02. The van der Waals surface area contributed by atoms with Gasteiger partial charge in [0, 0.05) is 12.2 Å². The number of amides is 2. The lowest BCUT2D eigenvalue weighted by molar-refractivity contribution is -0.136. The van der Waals surface area contributed by atoms with Crippen LogP contribution in [0.2, 0.25) is 0 Å². The summed E-state index contributed by atoms with van der Waals surface area (Å²) in [6.07, 6.45) is 0.774. The smallest absolute Gasteiger partial charge is 0.313 e. The molecule has 130 valence electrons. The molecule has 6 heteroatoms. The summed E-state index contributed by atoms with van der Waals surface area (Å²) in [5.74, 6) is -0.0316. The highest BCUT2D eigenvalue weighted by Crippen LogP contribution is 2.32. The lowest BCUT2D eigenvalue weighted by Crippen LogP contribution is -2.35. The average molecular weight is 340 g/mol. The summed E-state index contributed by atoms with van der Waals surface area (Å²) in [4.78, 5) is 24.3. The molecule has 0 bridgehead atoms. The highest BCUT2D eigenvalue weighted by Gasteiger charge is 2.17. The third-order valence-electron chi connectivity index (χ3n) is 4.07. The summed E-state index contributed by atoms with van der Waals surface area (Å²) in [5.41, 5.74) is 3.46. The van der Waals surface area contributed by atoms with Crippen molar-refractivity contribution in [2.24, 2.45) is 0 Å². The van der Waals surface area contributed by atoms with Gasteiger partial charge in [-0.15, -0.1) is 0 Å². The predicted molar refractivity (Wildman–Crippen MR) is 93.6 cm³/mol. The zero-order valence-corrected chi connectivity index (χ0v) is 14.2. The van der Waals surface area contributed by atoms with Gasteiger partial charge in [-0.1, -0.05) is 31.2 Å². The summed E-state index contributed by atoms with van der Waals surface area (Å²) in [5, 5.41) is 5.33. The topological polar surface area (TPSA) is 76.7 Å². The van der Waals surface area contributed by atoms with Crippen LogP contribution in [0.4, 0.5) is 5.69 Å². The summed E-state index contributed by atoms with van der Waals surface area (Å²) in [6, 6.07) is 11.2. The van der Waals surface area contributed by atoms with Gasteiger partial charge in [0.05, 0.1) is 0 Å². The molecule has 1 aliphatic rings. The van der Waals surface area contributed by atoms with Crippen molar-refractivity contribution in [2.75, 3.05) is 12.1 Å². The van der Waals surface area contributed by atoms with Crippen molar-refractivity contribution in [2.45, 2.75) is 26.8 Å². The second-order valence-corrected chi connectivity index (χ2v) is 5.79. The number of rotatable bonds is 4. The van der Waals surface area contributed by atoms with Crippen LogP contribution in [0.5, 0.6) is 11.5 Å². The van der Waals surface area contributed by atoms with Crippen molar-refractivity contribution in [3.05, 3.63) is 53.1 Å². The lowest BCUT2D eigenvalue weighted by atomic mass is 10.1. The third kappa shape index (κ3) is 3.74. The fourth-order valence-electron chi connectivity index (χ4n) is 2.69. The van der Waals surface area contributed by atoms with Gasteiger partial charge in [0.2, 0.25) is 6.79 Å². The van der Waals surface area contributed by atoms with Crippen molar-refractivity contribution in [1.29, 1.82) is 0 Å². The number of hydrogen-bond acceptors (Lipinski definition) is 4. The molecule has 2 N–H and O–H groups in total. The van der Waals surface area contributed by atoms with Crippen LogP contribution in [0, 0.1) is 6.92 Å². The maximum Gasteiger partial charge on any atom is 0.313 e. The van der Waals surface area contributed by atoms with E-state index in [1.165, 1.54) is 0 Å². The van der Waals surface area contributed by atoms with Crippen LogP contribution in [0.3, 0.4) is 0 Å². The zero-order valence-electron chi connectivity index (χ0n) is 14.2. The molecular weight excluding hydrogens is 320 g/mol. The van der Waals surface area contributed by atoms with E-state index in [2.05, 4.69) is 10.6 Å². The maximum atomic E-state index is 12.2. The first-order chi connectivity index (χ1) is 12.1. The van der Waals surface area contributed by atoms with Gasteiger partial charge in [-0.3, -0.25) is 9.59 Å². The lowest BCUT2D eigenvalue weighted by Gasteiger charge is -2.13. The molecule has 2 amide bonds. The fraction of sp³-hybridized carbons (Fsp3) is 0.263. The Morgan fingerprint density at radius 1 is 1.08 bits per heavy atom. The first-order valence-corrected chi connectivity index (χ1v) is 8.14. The molecule has 1 aliphatic heterocycles. The molecule has 0 aromatic heterocycles. The highest BCUT2D eigenvalue weighted by atomic mass is 16.7. The molecule has 0 saturated carbocycles. The van der Waals surface area contributed by atoms with E-state index in [1.54, 1.807) is 12.1 Å². The number of carbonyl (C=O) groups is 2. The molecule has 0 atom stereocenters. The number of benzene rings is 2. The van der Waals surface area contributed by atoms with Gasteiger partial charge < -0.3 is 20.1 Å². The number of para-hydroxylation sites is 1. The molecule has 0 unspecified atom stereocenters. The normalized spacial score (nSPS) is 11.9. The number of carbonyl (C=O) groups excluding carboxylic acids is 2. The zero-order chi connectivity index (χ0) is 17.8. The summed E-state index contributed by atoms with van der Waals surface area (Å²) < 4.78 is 10.5. The molecule has 2 aromatic rings.